The minimum absolute atomic E-state index is 0.137. The van der Waals surface area contributed by atoms with Gasteiger partial charge in [0.05, 0.1) is 12.2 Å². The minimum atomic E-state index is -0.962. The van der Waals surface area contributed by atoms with Crippen LogP contribution in [0.2, 0.25) is 0 Å². The van der Waals surface area contributed by atoms with Crippen molar-refractivity contribution in [1.82, 2.24) is 9.80 Å². The smallest absolute Gasteiger partial charge is 0.316 e. The Bertz CT molecular complexity index is 1740. The number of fused-ring (bicyclic) bond motifs is 1. The molecule has 2 fully saturated rings. The van der Waals surface area contributed by atoms with Crippen LogP contribution in [0.1, 0.15) is 65.8 Å². The Morgan fingerprint density at radius 3 is 2.17 bits per heavy atom. The van der Waals surface area contributed by atoms with E-state index < -0.39 is 16.9 Å². The van der Waals surface area contributed by atoms with Crippen LogP contribution in [-0.4, -0.2) is 85.9 Å². The lowest BCUT2D eigenvalue weighted by atomic mass is 9.64. The first-order chi connectivity index (χ1) is 25.7. The molecule has 1 unspecified atom stereocenters. The molecule has 1 saturated heterocycles. The van der Waals surface area contributed by atoms with E-state index in [9.17, 15) is 14.7 Å². The first-order valence-corrected chi connectivity index (χ1v) is 19.2. The first kappa shape index (κ1) is 38.2. The van der Waals surface area contributed by atoms with Crippen molar-refractivity contribution < 1.29 is 24.2 Å². The van der Waals surface area contributed by atoms with E-state index in [2.05, 4.69) is 23.1 Å². The van der Waals surface area contributed by atoms with Crippen LogP contribution in [0.15, 0.2) is 109 Å². The van der Waals surface area contributed by atoms with Crippen molar-refractivity contribution in [3.05, 3.63) is 137 Å². The van der Waals surface area contributed by atoms with E-state index in [0.717, 1.165) is 80.8 Å². The molecule has 7 rings (SSSR count). The van der Waals surface area contributed by atoms with Crippen LogP contribution in [0, 0.1) is 5.92 Å². The Morgan fingerprint density at radius 2 is 1.57 bits per heavy atom. The monoisotopic (exact) mass is 717 g/mol. The van der Waals surface area contributed by atoms with E-state index in [-0.39, 0.29) is 17.8 Å². The van der Waals surface area contributed by atoms with E-state index in [1.54, 1.807) is 0 Å². The van der Waals surface area contributed by atoms with Gasteiger partial charge in [-0.05, 0) is 86.1 Å². The number of primary amides is 1. The number of carbonyl (C=O) groups is 2. The number of nitrogens with two attached hydrogens (primary N) is 1. The molecule has 1 aliphatic carbocycles. The molecule has 1 saturated carbocycles. The summed E-state index contributed by atoms with van der Waals surface area (Å²) in [6.45, 7) is 4.65. The van der Waals surface area contributed by atoms with Crippen LogP contribution >= 0.6 is 0 Å². The normalized spacial score (nSPS) is 18.5. The summed E-state index contributed by atoms with van der Waals surface area (Å²) >= 11 is 0. The zero-order valence-corrected chi connectivity index (χ0v) is 31.3. The number of esters is 1. The molecule has 0 spiro atoms. The number of likely N-dealkylation sites (tertiary alicyclic amines) is 1. The fourth-order valence-electron chi connectivity index (χ4n) is 8.60. The number of rotatable bonds is 13. The number of likely N-dealkylation sites (N-methyl/N-ethyl adjacent to an activating group) is 1. The molecule has 4 aromatic carbocycles. The van der Waals surface area contributed by atoms with E-state index in [4.69, 9.17) is 15.2 Å². The topological polar surface area (TPSA) is 105 Å². The number of benzene rings is 4. The van der Waals surface area contributed by atoms with Crippen molar-refractivity contribution in [2.24, 2.45) is 11.7 Å². The second-order valence-corrected chi connectivity index (χ2v) is 15.1. The van der Waals surface area contributed by atoms with Gasteiger partial charge in [-0.15, -0.1) is 0 Å². The number of hydrogen-bond acceptors (Lipinski definition) is 7. The predicted molar refractivity (Wildman–Crippen MR) is 209 cm³/mol. The maximum atomic E-state index is 13.2. The van der Waals surface area contributed by atoms with Gasteiger partial charge in [-0.2, -0.15) is 0 Å². The van der Waals surface area contributed by atoms with Crippen molar-refractivity contribution in [2.45, 2.75) is 61.9 Å². The summed E-state index contributed by atoms with van der Waals surface area (Å²) in [5, 5.41) is 10.9. The molecule has 3 N–H and O–H groups in total. The van der Waals surface area contributed by atoms with Gasteiger partial charge in [0.25, 0.3) is 0 Å². The standard InChI is InChI=1S/C28H30N2O2.C17H25NO3/c29-27(31)28(23-7-3-1-4-8-23,24-9-5-2-6-10-24)25-14-17-30(20-25)16-13-21-11-12-26-22(19-21)15-18-32-26;1-18(2)12-13-21-16(19)15(14-8-4-3-5-9-14)17(20)10-6-7-11-17/h1-12,19,25H,13-18,20H2,(H2,29,31);3-5,8-9,15,20H,6-7,10-13H2,1-2H3/t25-;/m1./s1. The van der Waals surface area contributed by atoms with Gasteiger partial charge in [0.1, 0.15) is 23.7 Å². The number of ether oxygens (including phenoxy) is 2. The second kappa shape index (κ2) is 17.5. The van der Waals surface area contributed by atoms with Gasteiger partial charge >= 0.3 is 5.97 Å². The SMILES string of the molecule is CN(C)CCOC(=O)C(c1ccccc1)C1(O)CCCC1.NC(=O)C(c1ccccc1)(c1ccccc1)[C@@H]1CCN(CCc2ccc3c(c2)CCO3)C1. The number of nitrogens with zero attached hydrogens (tertiary/aromatic N) is 2. The summed E-state index contributed by atoms with van der Waals surface area (Å²) in [6.07, 6.45) is 6.20. The van der Waals surface area contributed by atoms with E-state index in [1.807, 2.05) is 110 Å². The Hall–Kier alpha value is -4.50. The van der Waals surface area contributed by atoms with Gasteiger partial charge < -0.3 is 30.1 Å². The summed E-state index contributed by atoms with van der Waals surface area (Å²) in [4.78, 5) is 30.2. The lowest BCUT2D eigenvalue weighted by molar-refractivity contribution is -0.152. The molecule has 0 radical (unpaired) electrons. The number of amides is 1. The number of hydrogen-bond donors (Lipinski definition) is 2. The van der Waals surface area contributed by atoms with Crippen molar-refractivity contribution in [3.8, 4) is 5.75 Å². The number of aliphatic hydroxyl groups is 1. The van der Waals surface area contributed by atoms with Crippen LogP contribution in [0.25, 0.3) is 0 Å². The van der Waals surface area contributed by atoms with Gasteiger partial charge in [-0.25, -0.2) is 0 Å². The van der Waals surface area contributed by atoms with Crippen LogP contribution in [0.3, 0.4) is 0 Å². The predicted octanol–water partition coefficient (Wildman–Crippen LogP) is 6.14. The first-order valence-electron chi connectivity index (χ1n) is 19.2. The molecular weight excluding hydrogens is 663 g/mol. The highest BCUT2D eigenvalue weighted by atomic mass is 16.5. The van der Waals surface area contributed by atoms with Gasteiger partial charge in [0.15, 0.2) is 0 Å². The fourth-order valence-corrected chi connectivity index (χ4v) is 8.60. The molecule has 2 heterocycles. The van der Waals surface area contributed by atoms with E-state index in [0.29, 0.717) is 26.0 Å². The molecule has 3 aliphatic rings. The average Bonchev–Trinajstić information content (AvgIpc) is 3.95. The van der Waals surface area contributed by atoms with Gasteiger partial charge in [0, 0.05) is 26.1 Å². The molecule has 280 valence electrons. The van der Waals surface area contributed by atoms with Crippen LogP contribution in [0.5, 0.6) is 5.75 Å². The van der Waals surface area contributed by atoms with Crippen LogP contribution in [0.4, 0.5) is 0 Å². The molecule has 1 amide bonds. The van der Waals surface area contributed by atoms with E-state index in [1.165, 1.54) is 11.1 Å². The zero-order valence-electron chi connectivity index (χ0n) is 31.3. The van der Waals surface area contributed by atoms with Gasteiger partial charge in [-0.1, -0.05) is 116 Å². The Balaban J connectivity index is 0.000000199. The lowest BCUT2D eigenvalue weighted by Gasteiger charge is -2.37. The summed E-state index contributed by atoms with van der Waals surface area (Å²) in [6, 6.07) is 36.2. The van der Waals surface area contributed by atoms with E-state index >= 15 is 0 Å². The van der Waals surface area contributed by atoms with Crippen molar-refractivity contribution in [1.29, 1.82) is 0 Å². The summed E-state index contributed by atoms with van der Waals surface area (Å²) in [7, 11) is 3.88. The Morgan fingerprint density at radius 1 is 0.943 bits per heavy atom. The summed E-state index contributed by atoms with van der Waals surface area (Å²) in [5.41, 5.74) is 9.93. The highest BCUT2D eigenvalue weighted by Crippen LogP contribution is 2.44. The summed E-state index contributed by atoms with van der Waals surface area (Å²) in [5.74, 6) is 0.0151. The maximum Gasteiger partial charge on any atom is 0.316 e. The molecule has 53 heavy (non-hydrogen) atoms. The Kier molecular flexibility index (Phi) is 12.7. The highest BCUT2D eigenvalue weighted by Gasteiger charge is 2.49. The highest BCUT2D eigenvalue weighted by molar-refractivity contribution is 5.91. The van der Waals surface area contributed by atoms with Crippen molar-refractivity contribution in [2.75, 3.05) is 53.5 Å². The molecule has 2 atom stereocenters. The molecule has 4 aromatic rings. The third-order valence-electron chi connectivity index (χ3n) is 11.4. The molecule has 0 aromatic heterocycles. The second-order valence-electron chi connectivity index (χ2n) is 15.1. The van der Waals surface area contributed by atoms with Gasteiger partial charge in [-0.3, -0.25) is 9.59 Å². The minimum Gasteiger partial charge on any atom is -0.493 e. The number of carbonyl (C=O) groups excluding carboxylic acids is 2. The quantitative estimate of drug-likeness (QED) is 0.160. The lowest BCUT2D eigenvalue weighted by Crippen LogP contribution is -2.49. The fraction of sp³-hybridized carbons (Fsp3) is 0.422. The molecule has 8 heteroatoms. The van der Waals surface area contributed by atoms with Crippen LogP contribution in [-0.2, 0) is 32.6 Å². The van der Waals surface area contributed by atoms with Gasteiger partial charge in [0.2, 0.25) is 5.91 Å². The molecule has 2 aliphatic heterocycles. The summed E-state index contributed by atoms with van der Waals surface area (Å²) < 4.78 is 11.0. The average molecular weight is 718 g/mol. The third kappa shape index (κ3) is 8.84. The maximum absolute atomic E-state index is 13.2. The van der Waals surface area contributed by atoms with Crippen molar-refractivity contribution in [3.63, 3.8) is 0 Å². The largest absolute Gasteiger partial charge is 0.493 e. The zero-order chi connectivity index (χ0) is 37.3. The third-order valence-corrected chi connectivity index (χ3v) is 11.4. The molecule has 8 nitrogen and oxygen atoms in total. The van der Waals surface area contributed by atoms with Crippen LogP contribution < -0.4 is 10.5 Å². The molecular formula is C45H55N3O5. The Labute approximate surface area is 314 Å². The molecule has 0 bridgehead atoms. The van der Waals surface area contributed by atoms with Crippen molar-refractivity contribution >= 4 is 11.9 Å².